The van der Waals surface area contributed by atoms with Gasteiger partial charge in [0.2, 0.25) is 5.91 Å². The first kappa shape index (κ1) is 58.5. The predicted molar refractivity (Wildman–Crippen MR) is 260 cm³/mol. The first-order valence-electron chi connectivity index (χ1n) is 26.4. The van der Waals surface area contributed by atoms with E-state index in [2.05, 4.69) is 55.6 Å². The fourth-order valence-electron chi connectivity index (χ4n) is 8.12. The van der Waals surface area contributed by atoms with Crippen molar-refractivity contribution in [3.05, 3.63) is 36.5 Å². The number of rotatable bonds is 48. The Morgan fingerprint density at radius 3 is 1.05 bits per heavy atom. The summed E-state index contributed by atoms with van der Waals surface area (Å²) in [4.78, 5) is 12.6. The summed E-state index contributed by atoms with van der Waals surface area (Å²) in [5.41, 5.74) is 0. The maximum Gasteiger partial charge on any atom is 0.249 e. The van der Waals surface area contributed by atoms with Gasteiger partial charge in [0.05, 0.1) is 18.8 Å². The van der Waals surface area contributed by atoms with Crippen LogP contribution in [0.4, 0.5) is 0 Å². The third-order valence-electron chi connectivity index (χ3n) is 12.3. The summed E-state index contributed by atoms with van der Waals surface area (Å²) in [7, 11) is 0. The number of aliphatic hydroxyl groups excluding tert-OH is 4. The minimum atomic E-state index is -1.29. The fourth-order valence-corrected chi connectivity index (χ4v) is 8.12. The van der Waals surface area contributed by atoms with Gasteiger partial charge in [-0.15, -0.1) is 0 Å². The van der Waals surface area contributed by atoms with Crippen LogP contribution in [0, 0.1) is 0 Å². The normalized spacial score (nSPS) is 14.2. The molecule has 0 aromatic rings. The molecule has 0 rings (SSSR count). The number of amides is 1. The molecular weight excluding hydrogens is 743 g/mol. The second-order valence-electron chi connectivity index (χ2n) is 18.2. The first-order chi connectivity index (χ1) is 29.5. The van der Waals surface area contributed by atoms with Crippen LogP contribution < -0.4 is 5.32 Å². The molecule has 0 aromatic heterocycles. The Labute approximate surface area is 373 Å². The zero-order chi connectivity index (χ0) is 43.8. The molecule has 0 fully saturated rings. The Bertz CT molecular complexity index is 950. The quantitative estimate of drug-likeness (QED) is 0.0309. The summed E-state index contributed by atoms with van der Waals surface area (Å²) in [5.74, 6) is -0.597. The van der Waals surface area contributed by atoms with Crippen molar-refractivity contribution in [2.24, 2.45) is 0 Å². The number of nitrogens with one attached hydrogen (secondary N) is 1. The molecule has 0 aromatic carbocycles. The second kappa shape index (κ2) is 48.6. The minimum Gasteiger partial charge on any atom is -0.394 e. The highest BCUT2D eigenvalue weighted by Gasteiger charge is 2.28. The third-order valence-corrected chi connectivity index (χ3v) is 12.3. The van der Waals surface area contributed by atoms with Gasteiger partial charge in [0.1, 0.15) is 12.2 Å². The molecule has 0 aliphatic rings. The Kier molecular flexibility index (Phi) is 47.4. The lowest BCUT2D eigenvalue weighted by Gasteiger charge is -2.27. The monoisotopic (exact) mass is 846 g/mol. The van der Waals surface area contributed by atoms with E-state index in [9.17, 15) is 25.2 Å². The molecule has 4 atom stereocenters. The molecule has 60 heavy (non-hydrogen) atoms. The van der Waals surface area contributed by atoms with Crippen molar-refractivity contribution in [1.29, 1.82) is 0 Å². The highest BCUT2D eigenvalue weighted by Crippen LogP contribution is 2.16. The van der Waals surface area contributed by atoms with Crippen LogP contribution in [0.3, 0.4) is 0 Å². The van der Waals surface area contributed by atoms with E-state index < -0.39 is 36.9 Å². The van der Waals surface area contributed by atoms with Gasteiger partial charge in [0.25, 0.3) is 0 Å². The molecule has 0 radical (unpaired) electrons. The zero-order valence-electron chi connectivity index (χ0n) is 40.0. The summed E-state index contributed by atoms with van der Waals surface area (Å²) in [6, 6.07) is -1.01. The molecule has 0 saturated carbocycles. The Morgan fingerprint density at radius 2 is 0.700 bits per heavy atom. The molecule has 0 bridgehead atoms. The number of aliphatic hydroxyl groups is 4. The van der Waals surface area contributed by atoms with E-state index in [-0.39, 0.29) is 0 Å². The molecule has 0 heterocycles. The first-order valence-corrected chi connectivity index (χ1v) is 26.4. The molecule has 6 nitrogen and oxygen atoms in total. The van der Waals surface area contributed by atoms with Crippen molar-refractivity contribution in [2.75, 3.05) is 6.61 Å². The van der Waals surface area contributed by atoms with Crippen molar-refractivity contribution in [3.63, 3.8) is 0 Å². The molecule has 0 saturated heterocycles. The topological polar surface area (TPSA) is 110 Å². The van der Waals surface area contributed by atoms with E-state index in [1.54, 1.807) is 0 Å². The van der Waals surface area contributed by atoms with Gasteiger partial charge in [0, 0.05) is 0 Å². The highest BCUT2D eigenvalue weighted by atomic mass is 16.3. The molecule has 0 aliphatic heterocycles. The molecule has 354 valence electrons. The highest BCUT2D eigenvalue weighted by molar-refractivity contribution is 5.80. The molecule has 1 amide bonds. The van der Waals surface area contributed by atoms with Gasteiger partial charge >= 0.3 is 0 Å². The maximum absolute atomic E-state index is 12.6. The molecule has 0 aliphatic carbocycles. The van der Waals surface area contributed by atoms with E-state index in [0.29, 0.717) is 19.3 Å². The largest absolute Gasteiger partial charge is 0.394 e. The lowest BCUT2D eigenvalue weighted by molar-refractivity contribution is -0.132. The van der Waals surface area contributed by atoms with E-state index in [4.69, 9.17) is 0 Å². The Morgan fingerprint density at radius 1 is 0.400 bits per heavy atom. The number of unbranched alkanes of at least 4 members (excludes halogenated alkanes) is 33. The van der Waals surface area contributed by atoms with Gasteiger partial charge in [-0.05, 0) is 77.0 Å². The van der Waals surface area contributed by atoms with Crippen LogP contribution in [0.25, 0.3) is 0 Å². The van der Waals surface area contributed by atoms with Gasteiger partial charge < -0.3 is 25.7 Å². The Balaban J connectivity index is 3.71. The van der Waals surface area contributed by atoms with E-state index >= 15 is 0 Å². The lowest BCUT2D eigenvalue weighted by Crippen LogP contribution is -2.53. The van der Waals surface area contributed by atoms with Crippen LogP contribution >= 0.6 is 0 Å². The number of carbonyl (C=O) groups is 1. The van der Waals surface area contributed by atoms with Crippen molar-refractivity contribution in [1.82, 2.24) is 5.32 Å². The lowest BCUT2D eigenvalue weighted by atomic mass is 10.00. The predicted octanol–water partition coefficient (Wildman–Crippen LogP) is 14.9. The second-order valence-corrected chi connectivity index (χ2v) is 18.2. The SMILES string of the molecule is CCCCCCCCCCCC/C=C/CC/C=C/CCCC(O)C(O)C(CO)NC(=O)C(O)CCCCCCCCCCC/C=C\CCCCCCCCCCCCCC. The summed E-state index contributed by atoms with van der Waals surface area (Å²) in [5, 5.41) is 43.8. The zero-order valence-corrected chi connectivity index (χ0v) is 40.0. The van der Waals surface area contributed by atoms with Crippen LogP contribution in [0.15, 0.2) is 36.5 Å². The number of hydrogen-bond acceptors (Lipinski definition) is 5. The molecule has 6 heteroatoms. The summed E-state index contributed by atoms with van der Waals surface area (Å²) in [6.07, 6.45) is 59.1. The van der Waals surface area contributed by atoms with Gasteiger partial charge in [0.15, 0.2) is 0 Å². The number of carbonyl (C=O) groups excluding carboxylic acids is 1. The summed E-state index contributed by atoms with van der Waals surface area (Å²) >= 11 is 0. The minimum absolute atomic E-state index is 0.358. The Hall–Kier alpha value is -1.47. The van der Waals surface area contributed by atoms with Gasteiger partial charge in [-0.25, -0.2) is 0 Å². The van der Waals surface area contributed by atoms with E-state index in [1.165, 1.54) is 199 Å². The molecule has 0 spiro atoms. The van der Waals surface area contributed by atoms with Crippen molar-refractivity contribution in [2.45, 2.75) is 295 Å². The molecular formula is C54H103NO5. The van der Waals surface area contributed by atoms with Crippen molar-refractivity contribution in [3.8, 4) is 0 Å². The van der Waals surface area contributed by atoms with Gasteiger partial charge in [-0.2, -0.15) is 0 Å². The summed E-state index contributed by atoms with van der Waals surface area (Å²) in [6.45, 7) is 4.06. The van der Waals surface area contributed by atoms with Crippen molar-refractivity contribution >= 4 is 5.91 Å². The van der Waals surface area contributed by atoms with Gasteiger partial charge in [-0.1, -0.05) is 230 Å². The average Bonchev–Trinajstić information content (AvgIpc) is 3.25. The van der Waals surface area contributed by atoms with Crippen LogP contribution in [-0.4, -0.2) is 57.3 Å². The maximum atomic E-state index is 12.6. The summed E-state index contributed by atoms with van der Waals surface area (Å²) < 4.78 is 0. The molecule has 4 unspecified atom stereocenters. The average molecular weight is 846 g/mol. The fraction of sp³-hybridized carbons (Fsp3) is 0.870. The third kappa shape index (κ3) is 41.9. The van der Waals surface area contributed by atoms with Crippen LogP contribution in [0.1, 0.15) is 271 Å². The number of hydrogen-bond donors (Lipinski definition) is 5. The smallest absolute Gasteiger partial charge is 0.249 e. The van der Waals surface area contributed by atoms with Crippen LogP contribution in [-0.2, 0) is 4.79 Å². The van der Waals surface area contributed by atoms with E-state index in [1.807, 2.05) is 0 Å². The molecule has 5 N–H and O–H groups in total. The van der Waals surface area contributed by atoms with Crippen LogP contribution in [0.5, 0.6) is 0 Å². The number of allylic oxidation sites excluding steroid dienone is 6. The van der Waals surface area contributed by atoms with Crippen LogP contribution in [0.2, 0.25) is 0 Å². The van der Waals surface area contributed by atoms with E-state index in [0.717, 1.165) is 38.5 Å². The standard InChI is InChI=1S/C54H103NO5/c1-3-5-7-9-11-13-15-17-19-21-23-24-25-26-27-28-30-32-34-36-38-40-42-44-46-48-52(58)54(60)55-50(49-56)53(59)51(57)47-45-43-41-39-37-35-33-31-29-22-20-18-16-14-12-10-8-6-4-2/h26-27,31,33,39,41,50-53,56-59H,3-25,28-30,32,34-38,40,42-49H2,1-2H3,(H,55,60)/b27-26-,33-31+,41-39+. The van der Waals surface area contributed by atoms with Crippen molar-refractivity contribution < 1.29 is 25.2 Å². The van der Waals surface area contributed by atoms with Gasteiger partial charge in [-0.3, -0.25) is 4.79 Å².